The first-order valence-corrected chi connectivity index (χ1v) is 5.87. The zero-order valence-electron chi connectivity index (χ0n) is 10.5. The van der Waals surface area contributed by atoms with E-state index in [1.54, 1.807) is 13.2 Å². The third-order valence-corrected chi connectivity index (χ3v) is 2.59. The van der Waals surface area contributed by atoms with Crippen LogP contribution in [0.25, 0.3) is 11.5 Å². The molecule has 0 aromatic carbocycles. The van der Waals surface area contributed by atoms with Gasteiger partial charge >= 0.3 is 5.69 Å². The van der Waals surface area contributed by atoms with Crippen LogP contribution in [0.5, 0.6) is 0 Å². The van der Waals surface area contributed by atoms with Crippen molar-refractivity contribution in [1.82, 2.24) is 19.3 Å². The molecule has 0 atom stereocenters. The molecule has 6 nitrogen and oxygen atoms in total. The van der Waals surface area contributed by atoms with E-state index in [2.05, 4.69) is 10.1 Å². The molecule has 0 N–H and O–H groups in total. The van der Waals surface area contributed by atoms with Crippen molar-refractivity contribution < 1.29 is 4.74 Å². The minimum atomic E-state index is -0.157. The maximum atomic E-state index is 11.9. The summed E-state index contributed by atoms with van der Waals surface area (Å²) in [5, 5.41) is 4.28. The molecule has 96 valence electrons. The molecule has 2 heterocycles. The number of rotatable bonds is 5. The first-order valence-electron chi connectivity index (χ1n) is 5.87. The van der Waals surface area contributed by atoms with E-state index in [0.717, 1.165) is 0 Å². The summed E-state index contributed by atoms with van der Waals surface area (Å²) >= 11 is 0. The molecule has 0 fully saturated rings. The summed E-state index contributed by atoms with van der Waals surface area (Å²) in [4.78, 5) is 16.1. The predicted molar refractivity (Wildman–Crippen MR) is 67.2 cm³/mol. The zero-order chi connectivity index (χ0) is 13.0. The van der Waals surface area contributed by atoms with Gasteiger partial charge in [-0.05, 0) is 19.1 Å². The Balaban J connectivity index is 2.28. The third-order valence-electron chi connectivity index (χ3n) is 2.59. The molecule has 0 aliphatic heterocycles. The molecule has 0 saturated carbocycles. The lowest BCUT2D eigenvalue weighted by molar-refractivity contribution is 0.135. The maximum Gasteiger partial charge on any atom is 0.346 e. The highest BCUT2D eigenvalue weighted by Gasteiger charge is 2.12. The van der Waals surface area contributed by atoms with Crippen LogP contribution in [0.2, 0.25) is 0 Å². The third kappa shape index (κ3) is 2.48. The Morgan fingerprint density at radius 3 is 2.89 bits per heavy atom. The van der Waals surface area contributed by atoms with E-state index in [4.69, 9.17) is 4.74 Å². The van der Waals surface area contributed by atoms with Gasteiger partial charge in [-0.25, -0.2) is 9.48 Å². The lowest BCUT2D eigenvalue weighted by Gasteiger charge is -1.99. The normalized spacial score (nSPS) is 10.8. The first kappa shape index (κ1) is 12.5. The van der Waals surface area contributed by atoms with Gasteiger partial charge in [0, 0.05) is 19.9 Å². The van der Waals surface area contributed by atoms with Gasteiger partial charge in [0.1, 0.15) is 5.69 Å². The highest BCUT2D eigenvalue weighted by molar-refractivity contribution is 5.48. The van der Waals surface area contributed by atoms with Crippen LogP contribution in [-0.4, -0.2) is 32.5 Å². The summed E-state index contributed by atoms with van der Waals surface area (Å²) in [7, 11) is 1.69. The van der Waals surface area contributed by atoms with Crippen molar-refractivity contribution in [3.05, 3.63) is 34.9 Å². The largest absolute Gasteiger partial charge is 0.380 e. The van der Waals surface area contributed by atoms with Crippen LogP contribution in [0.4, 0.5) is 0 Å². The predicted octanol–water partition coefficient (Wildman–Crippen LogP) is 0.680. The van der Waals surface area contributed by atoms with E-state index in [1.807, 2.05) is 25.1 Å². The second-order valence-corrected chi connectivity index (χ2v) is 3.80. The van der Waals surface area contributed by atoms with Gasteiger partial charge in [-0.3, -0.25) is 9.55 Å². The van der Waals surface area contributed by atoms with E-state index in [9.17, 15) is 4.79 Å². The molecule has 6 heteroatoms. The van der Waals surface area contributed by atoms with Gasteiger partial charge in [-0.2, -0.15) is 0 Å². The van der Waals surface area contributed by atoms with Crippen molar-refractivity contribution in [1.29, 1.82) is 0 Å². The van der Waals surface area contributed by atoms with Crippen LogP contribution in [0, 0.1) is 0 Å². The molecule has 18 heavy (non-hydrogen) atoms. The fraction of sp³-hybridized carbons (Fsp3) is 0.417. The molecule has 0 spiro atoms. The van der Waals surface area contributed by atoms with E-state index < -0.39 is 0 Å². The second-order valence-electron chi connectivity index (χ2n) is 3.80. The highest BCUT2D eigenvalue weighted by atomic mass is 16.5. The Kier molecular flexibility index (Phi) is 3.88. The SMILES string of the molecule is CCOCCn1nc(-c2ccccn2)n(C)c1=O. The second kappa shape index (κ2) is 5.59. The first-order chi connectivity index (χ1) is 8.74. The molecule has 0 aliphatic carbocycles. The molecular weight excluding hydrogens is 232 g/mol. The van der Waals surface area contributed by atoms with Gasteiger partial charge in [0.2, 0.25) is 0 Å². The van der Waals surface area contributed by atoms with Crippen molar-refractivity contribution in [3.63, 3.8) is 0 Å². The van der Waals surface area contributed by atoms with Crippen LogP contribution in [0.1, 0.15) is 6.92 Å². The molecule has 0 amide bonds. The Labute approximate surface area is 105 Å². The van der Waals surface area contributed by atoms with E-state index in [1.165, 1.54) is 9.25 Å². The van der Waals surface area contributed by atoms with Crippen LogP contribution in [-0.2, 0) is 18.3 Å². The van der Waals surface area contributed by atoms with E-state index >= 15 is 0 Å². The summed E-state index contributed by atoms with van der Waals surface area (Å²) in [5.41, 5.74) is 0.530. The van der Waals surface area contributed by atoms with Gasteiger partial charge < -0.3 is 4.74 Å². The van der Waals surface area contributed by atoms with Crippen molar-refractivity contribution in [2.45, 2.75) is 13.5 Å². The van der Waals surface area contributed by atoms with Gasteiger partial charge in [0.15, 0.2) is 5.82 Å². The van der Waals surface area contributed by atoms with Crippen LogP contribution in [0.3, 0.4) is 0 Å². The van der Waals surface area contributed by atoms with Crippen LogP contribution in [0.15, 0.2) is 29.2 Å². The number of pyridine rings is 1. The Morgan fingerprint density at radius 1 is 1.39 bits per heavy atom. The molecule has 0 saturated heterocycles. The summed E-state index contributed by atoms with van der Waals surface area (Å²) in [6, 6.07) is 5.52. The van der Waals surface area contributed by atoms with Gasteiger partial charge in [0.05, 0.1) is 13.2 Å². The lowest BCUT2D eigenvalue weighted by atomic mass is 10.3. The summed E-state index contributed by atoms with van der Waals surface area (Å²) in [5.74, 6) is 0.567. The lowest BCUT2D eigenvalue weighted by Crippen LogP contribution is -2.25. The minimum Gasteiger partial charge on any atom is -0.380 e. The summed E-state index contributed by atoms with van der Waals surface area (Å²) in [6.07, 6.45) is 1.68. The molecule has 2 rings (SSSR count). The number of ether oxygens (including phenoxy) is 1. The number of hydrogen-bond donors (Lipinski definition) is 0. The van der Waals surface area contributed by atoms with Gasteiger partial charge in [-0.1, -0.05) is 6.07 Å². The summed E-state index contributed by atoms with van der Waals surface area (Å²) in [6.45, 7) is 3.48. The molecule has 2 aromatic heterocycles. The maximum absolute atomic E-state index is 11.9. The molecular formula is C12H16N4O2. The minimum absolute atomic E-state index is 0.157. The Hall–Kier alpha value is -1.95. The van der Waals surface area contributed by atoms with Crippen molar-refractivity contribution in [2.24, 2.45) is 7.05 Å². The monoisotopic (exact) mass is 248 g/mol. The van der Waals surface area contributed by atoms with Crippen LogP contribution >= 0.6 is 0 Å². The van der Waals surface area contributed by atoms with E-state index in [0.29, 0.717) is 31.3 Å². The van der Waals surface area contributed by atoms with Crippen molar-refractivity contribution in [3.8, 4) is 11.5 Å². The topological polar surface area (TPSA) is 61.9 Å². The molecule has 0 radical (unpaired) electrons. The molecule has 2 aromatic rings. The number of hydrogen-bond acceptors (Lipinski definition) is 4. The average Bonchev–Trinajstić information content (AvgIpc) is 2.68. The molecule has 0 aliphatic rings. The summed E-state index contributed by atoms with van der Waals surface area (Å²) < 4.78 is 8.12. The van der Waals surface area contributed by atoms with Crippen LogP contribution < -0.4 is 5.69 Å². The number of nitrogens with zero attached hydrogens (tertiary/aromatic N) is 4. The molecule has 0 unspecified atom stereocenters. The average molecular weight is 248 g/mol. The van der Waals surface area contributed by atoms with Gasteiger partial charge in [0.25, 0.3) is 0 Å². The van der Waals surface area contributed by atoms with Crippen molar-refractivity contribution in [2.75, 3.05) is 13.2 Å². The molecule has 0 bridgehead atoms. The van der Waals surface area contributed by atoms with Crippen molar-refractivity contribution >= 4 is 0 Å². The fourth-order valence-corrected chi connectivity index (χ4v) is 1.65. The van der Waals surface area contributed by atoms with E-state index in [-0.39, 0.29) is 5.69 Å². The zero-order valence-corrected chi connectivity index (χ0v) is 10.5. The Bertz CT molecular complexity index is 559. The number of aromatic nitrogens is 4. The highest BCUT2D eigenvalue weighted by Crippen LogP contribution is 2.10. The fourth-order valence-electron chi connectivity index (χ4n) is 1.65. The standard InChI is InChI=1S/C12H16N4O2/c1-3-18-9-8-16-12(17)15(2)11(14-16)10-6-4-5-7-13-10/h4-7H,3,8-9H2,1-2H3. The Morgan fingerprint density at radius 2 is 2.22 bits per heavy atom. The van der Waals surface area contributed by atoms with Gasteiger partial charge in [-0.15, -0.1) is 5.10 Å². The quantitative estimate of drug-likeness (QED) is 0.730. The smallest absolute Gasteiger partial charge is 0.346 e.